The number of halogens is 2. The van der Waals surface area contributed by atoms with E-state index in [9.17, 15) is 0 Å². The molecule has 0 amide bonds. The second-order valence-corrected chi connectivity index (χ2v) is 5.95. The fourth-order valence-electron chi connectivity index (χ4n) is 2.29. The maximum atomic E-state index is 6.00. The van der Waals surface area contributed by atoms with Crippen molar-refractivity contribution in [2.45, 2.75) is 20.0 Å². The summed E-state index contributed by atoms with van der Waals surface area (Å²) in [5.74, 6) is 1.63. The third-order valence-electron chi connectivity index (χ3n) is 3.62. The van der Waals surface area contributed by atoms with Crippen molar-refractivity contribution in [3.05, 3.63) is 53.1 Å². The van der Waals surface area contributed by atoms with Crippen LogP contribution in [0, 0.1) is 0 Å². The zero-order valence-electron chi connectivity index (χ0n) is 15.0. The Hall–Kier alpha value is -2.14. The summed E-state index contributed by atoms with van der Waals surface area (Å²) in [4.78, 5) is 8.92. The van der Waals surface area contributed by atoms with Crippen LogP contribution in [0.2, 0.25) is 5.02 Å². The molecule has 0 spiro atoms. The number of aryl methyl sites for hydroxylation is 1. The summed E-state index contributed by atoms with van der Waals surface area (Å²) >= 11 is 6.00. The van der Waals surface area contributed by atoms with Crippen LogP contribution in [0.4, 0.5) is 0 Å². The van der Waals surface area contributed by atoms with Crippen LogP contribution in [0.25, 0.3) is 11.4 Å². The first-order chi connectivity index (χ1) is 12.7. The predicted octanol–water partition coefficient (Wildman–Crippen LogP) is 3.00. The van der Waals surface area contributed by atoms with Gasteiger partial charge in [-0.3, -0.25) is 4.68 Å². The summed E-state index contributed by atoms with van der Waals surface area (Å²) < 4.78 is 7.09. The standard InChI is InChI=1S/C17H20ClN7O.HI/c1-3-19-17(20-10-14-7-8-22-25(14)2)21-11-15-23-16(24-26-15)12-5-4-6-13(18)9-12;/h4-9H,3,10-11H2,1-2H3,(H2,19,20,21);1H. The second-order valence-electron chi connectivity index (χ2n) is 5.52. The average Bonchev–Trinajstić information content (AvgIpc) is 3.26. The van der Waals surface area contributed by atoms with Gasteiger partial charge in [0.05, 0.1) is 18.8 Å². The molecule has 144 valence electrons. The number of aromatic nitrogens is 4. The molecular formula is C17H21ClIN7O. The van der Waals surface area contributed by atoms with Crippen molar-refractivity contribution >= 4 is 41.5 Å². The number of aliphatic imine (C=N–C) groups is 1. The number of nitrogens with one attached hydrogen (secondary N) is 2. The number of hydrogen-bond donors (Lipinski definition) is 2. The molecule has 1 aromatic carbocycles. The van der Waals surface area contributed by atoms with Gasteiger partial charge in [0.25, 0.3) is 0 Å². The van der Waals surface area contributed by atoms with Crippen molar-refractivity contribution in [3.8, 4) is 11.4 Å². The Morgan fingerprint density at radius 1 is 1.30 bits per heavy atom. The molecule has 2 aromatic heterocycles. The second kappa shape index (κ2) is 10.3. The van der Waals surface area contributed by atoms with E-state index in [1.165, 1.54) is 0 Å². The normalized spacial score (nSPS) is 11.1. The van der Waals surface area contributed by atoms with Gasteiger partial charge >= 0.3 is 0 Å². The van der Waals surface area contributed by atoms with E-state index in [0.29, 0.717) is 35.8 Å². The molecule has 27 heavy (non-hydrogen) atoms. The molecule has 0 fully saturated rings. The van der Waals surface area contributed by atoms with E-state index in [2.05, 4.69) is 30.9 Å². The maximum absolute atomic E-state index is 6.00. The van der Waals surface area contributed by atoms with Crippen LogP contribution >= 0.6 is 35.6 Å². The molecule has 10 heteroatoms. The molecule has 0 aliphatic heterocycles. The van der Waals surface area contributed by atoms with E-state index in [1.54, 1.807) is 23.0 Å². The Bertz CT molecular complexity index is 893. The van der Waals surface area contributed by atoms with Crippen molar-refractivity contribution in [2.24, 2.45) is 12.0 Å². The zero-order valence-corrected chi connectivity index (χ0v) is 18.1. The van der Waals surface area contributed by atoms with Crippen molar-refractivity contribution in [3.63, 3.8) is 0 Å². The molecule has 3 aromatic rings. The summed E-state index contributed by atoms with van der Waals surface area (Å²) in [6.45, 7) is 3.63. The Morgan fingerprint density at radius 3 is 2.85 bits per heavy atom. The molecule has 0 saturated heterocycles. The molecule has 0 aliphatic carbocycles. The SMILES string of the molecule is CCNC(=NCc1ccnn1C)NCc1nc(-c2cccc(Cl)c2)no1.I. The number of nitrogens with zero attached hydrogens (tertiary/aromatic N) is 5. The van der Waals surface area contributed by atoms with Crippen LogP contribution in [-0.2, 0) is 20.1 Å². The van der Waals surface area contributed by atoms with E-state index >= 15 is 0 Å². The van der Waals surface area contributed by atoms with E-state index < -0.39 is 0 Å². The number of benzene rings is 1. The molecule has 8 nitrogen and oxygen atoms in total. The third kappa shape index (κ3) is 5.93. The Kier molecular flexibility index (Phi) is 8.04. The highest BCUT2D eigenvalue weighted by Gasteiger charge is 2.09. The fourth-order valence-corrected chi connectivity index (χ4v) is 2.48. The van der Waals surface area contributed by atoms with Crippen LogP contribution in [0.1, 0.15) is 18.5 Å². The molecule has 0 atom stereocenters. The lowest BCUT2D eigenvalue weighted by atomic mass is 10.2. The van der Waals surface area contributed by atoms with Crippen molar-refractivity contribution in [1.82, 2.24) is 30.6 Å². The van der Waals surface area contributed by atoms with E-state index in [0.717, 1.165) is 17.8 Å². The summed E-state index contributed by atoms with van der Waals surface area (Å²) in [5, 5.41) is 15.1. The topological polar surface area (TPSA) is 93.2 Å². The molecule has 0 aliphatic rings. The van der Waals surface area contributed by atoms with Crippen LogP contribution < -0.4 is 10.6 Å². The van der Waals surface area contributed by atoms with Crippen LogP contribution in [0.15, 0.2) is 46.0 Å². The van der Waals surface area contributed by atoms with Gasteiger partial charge in [-0.15, -0.1) is 24.0 Å². The molecular weight excluding hydrogens is 481 g/mol. The summed E-state index contributed by atoms with van der Waals surface area (Å²) in [5.41, 5.74) is 1.83. The molecule has 3 rings (SSSR count). The lowest BCUT2D eigenvalue weighted by Gasteiger charge is -2.09. The maximum Gasteiger partial charge on any atom is 0.246 e. The molecule has 0 radical (unpaired) electrons. The van der Waals surface area contributed by atoms with Gasteiger partial charge < -0.3 is 15.2 Å². The highest BCUT2D eigenvalue weighted by atomic mass is 127. The first-order valence-electron chi connectivity index (χ1n) is 8.23. The quantitative estimate of drug-likeness (QED) is 0.306. The van der Waals surface area contributed by atoms with Gasteiger partial charge in [-0.05, 0) is 25.1 Å². The lowest BCUT2D eigenvalue weighted by Crippen LogP contribution is -2.36. The van der Waals surface area contributed by atoms with Crippen molar-refractivity contribution in [2.75, 3.05) is 6.54 Å². The van der Waals surface area contributed by atoms with Gasteiger partial charge in [0, 0.05) is 30.4 Å². The molecule has 2 N–H and O–H groups in total. The van der Waals surface area contributed by atoms with E-state index in [1.807, 2.05) is 32.2 Å². The molecule has 0 unspecified atom stereocenters. The van der Waals surface area contributed by atoms with Gasteiger partial charge in [-0.1, -0.05) is 28.9 Å². The Morgan fingerprint density at radius 2 is 2.15 bits per heavy atom. The van der Waals surface area contributed by atoms with Crippen LogP contribution in [-0.4, -0.2) is 32.4 Å². The minimum atomic E-state index is 0. The van der Waals surface area contributed by atoms with E-state index in [4.69, 9.17) is 16.1 Å². The first kappa shape index (κ1) is 21.2. The van der Waals surface area contributed by atoms with Crippen molar-refractivity contribution in [1.29, 1.82) is 0 Å². The Labute approximate surface area is 179 Å². The van der Waals surface area contributed by atoms with Crippen LogP contribution in [0.5, 0.6) is 0 Å². The van der Waals surface area contributed by atoms with Gasteiger partial charge in [0.2, 0.25) is 11.7 Å². The number of hydrogen-bond acceptors (Lipinski definition) is 5. The monoisotopic (exact) mass is 501 g/mol. The third-order valence-corrected chi connectivity index (χ3v) is 3.86. The minimum absolute atomic E-state index is 0. The minimum Gasteiger partial charge on any atom is -0.357 e. The van der Waals surface area contributed by atoms with Crippen molar-refractivity contribution < 1.29 is 4.52 Å². The zero-order chi connectivity index (χ0) is 18.4. The molecule has 0 bridgehead atoms. The van der Waals surface area contributed by atoms with Gasteiger partial charge in [-0.2, -0.15) is 10.1 Å². The first-order valence-corrected chi connectivity index (χ1v) is 8.61. The van der Waals surface area contributed by atoms with Gasteiger partial charge in [0.1, 0.15) is 0 Å². The number of guanidine groups is 1. The highest BCUT2D eigenvalue weighted by molar-refractivity contribution is 14.0. The predicted molar refractivity (Wildman–Crippen MR) is 115 cm³/mol. The van der Waals surface area contributed by atoms with Gasteiger partial charge in [-0.25, -0.2) is 4.99 Å². The highest BCUT2D eigenvalue weighted by Crippen LogP contribution is 2.19. The van der Waals surface area contributed by atoms with E-state index in [-0.39, 0.29) is 24.0 Å². The Balaban J connectivity index is 0.00000261. The smallest absolute Gasteiger partial charge is 0.246 e. The fraction of sp³-hybridized carbons (Fsp3) is 0.294. The van der Waals surface area contributed by atoms with Gasteiger partial charge in [0.15, 0.2) is 5.96 Å². The average molecular weight is 502 g/mol. The lowest BCUT2D eigenvalue weighted by molar-refractivity contribution is 0.375. The summed E-state index contributed by atoms with van der Waals surface area (Å²) in [6, 6.07) is 9.26. The van der Waals surface area contributed by atoms with Crippen LogP contribution in [0.3, 0.4) is 0 Å². The number of rotatable bonds is 6. The summed E-state index contributed by atoms with van der Waals surface area (Å²) in [7, 11) is 1.89. The molecule has 0 saturated carbocycles. The molecule has 2 heterocycles. The summed E-state index contributed by atoms with van der Waals surface area (Å²) in [6.07, 6.45) is 1.75. The largest absolute Gasteiger partial charge is 0.357 e.